The maximum absolute atomic E-state index is 11.9. The van der Waals surface area contributed by atoms with E-state index < -0.39 is 12.0 Å². The highest BCUT2D eigenvalue weighted by Crippen LogP contribution is 2.29. The number of benzene rings is 1. The van der Waals surface area contributed by atoms with Gasteiger partial charge < -0.3 is 15.7 Å². The third-order valence-electron chi connectivity index (χ3n) is 3.31. The predicted molar refractivity (Wildman–Crippen MR) is 91.9 cm³/mol. The van der Waals surface area contributed by atoms with Gasteiger partial charge in [-0.3, -0.25) is 4.79 Å². The van der Waals surface area contributed by atoms with Crippen LogP contribution in [0.5, 0.6) is 0 Å². The number of halogens is 1. The fourth-order valence-corrected chi connectivity index (χ4v) is 2.49. The van der Waals surface area contributed by atoms with Crippen LogP contribution in [0.4, 0.5) is 10.5 Å². The van der Waals surface area contributed by atoms with Gasteiger partial charge in [0.15, 0.2) is 0 Å². The van der Waals surface area contributed by atoms with Crippen molar-refractivity contribution in [3.8, 4) is 5.69 Å². The normalized spacial score (nSPS) is 10.7. The first-order valence-corrected chi connectivity index (χ1v) is 7.87. The Kier molecular flexibility index (Phi) is 5.81. The van der Waals surface area contributed by atoms with Crippen LogP contribution in [0.2, 0.25) is 5.02 Å². The molecule has 2 aromatic rings. The molecular weight excluding hydrogens is 332 g/mol. The molecular formula is C16H19ClN4O3. The zero-order chi connectivity index (χ0) is 17.7. The number of carboxylic acids is 1. The van der Waals surface area contributed by atoms with E-state index in [9.17, 15) is 9.59 Å². The van der Waals surface area contributed by atoms with E-state index in [4.69, 9.17) is 16.7 Å². The second-order valence-electron chi connectivity index (χ2n) is 5.49. The van der Waals surface area contributed by atoms with Crippen molar-refractivity contribution in [1.82, 2.24) is 15.1 Å². The summed E-state index contributed by atoms with van der Waals surface area (Å²) >= 11 is 6.23. The Morgan fingerprint density at radius 2 is 2.04 bits per heavy atom. The van der Waals surface area contributed by atoms with E-state index in [1.165, 1.54) is 0 Å². The Morgan fingerprint density at radius 3 is 2.67 bits per heavy atom. The molecule has 24 heavy (non-hydrogen) atoms. The molecule has 0 radical (unpaired) electrons. The van der Waals surface area contributed by atoms with Gasteiger partial charge in [-0.05, 0) is 18.1 Å². The lowest BCUT2D eigenvalue weighted by molar-refractivity contribution is -0.136. The van der Waals surface area contributed by atoms with Crippen LogP contribution in [0.25, 0.3) is 5.69 Å². The lowest BCUT2D eigenvalue weighted by atomic mass is 10.1. The molecule has 0 bridgehead atoms. The Morgan fingerprint density at radius 1 is 1.33 bits per heavy atom. The Bertz CT molecular complexity index is 743. The summed E-state index contributed by atoms with van der Waals surface area (Å²) in [5, 5.41) is 18.7. The second-order valence-corrected chi connectivity index (χ2v) is 5.89. The molecule has 1 heterocycles. The van der Waals surface area contributed by atoms with Crippen molar-refractivity contribution in [3.63, 3.8) is 0 Å². The third kappa shape index (κ3) is 4.26. The Balaban J connectivity index is 2.21. The first-order chi connectivity index (χ1) is 11.4. The van der Waals surface area contributed by atoms with Crippen molar-refractivity contribution in [2.24, 2.45) is 0 Å². The van der Waals surface area contributed by atoms with Crippen molar-refractivity contribution >= 4 is 29.3 Å². The third-order valence-corrected chi connectivity index (χ3v) is 3.63. The quantitative estimate of drug-likeness (QED) is 0.745. The number of hydrogen-bond donors (Lipinski definition) is 3. The van der Waals surface area contributed by atoms with Crippen LogP contribution < -0.4 is 10.6 Å². The number of aliphatic carboxylic acids is 1. The van der Waals surface area contributed by atoms with Gasteiger partial charge in [0.25, 0.3) is 0 Å². The molecule has 1 aromatic heterocycles. The largest absolute Gasteiger partial charge is 0.481 e. The molecule has 0 aliphatic carbocycles. The van der Waals surface area contributed by atoms with Crippen molar-refractivity contribution in [2.45, 2.75) is 26.2 Å². The number of amides is 2. The molecule has 128 valence electrons. The second kappa shape index (κ2) is 7.83. The summed E-state index contributed by atoms with van der Waals surface area (Å²) in [4.78, 5) is 22.4. The average molecular weight is 351 g/mol. The summed E-state index contributed by atoms with van der Waals surface area (Å²) in [5.41, 5.74) is 2.08. The summed E-state index contributed by atoms with van der Waals surface area (Å²) in [6.45, 7) is 4.02. The van der Waals surface area contributed by atoms with Crippen molar-refractivity contribution in [2.75, 3.05) is 11.9 Å². The number of carbonyl (C=O) groups is 2. The molecule has 0 fully saturated rings. The smallest absolute Gasteiger partial charge is 0.319 e. The first kappa shape index (κ1) is 17.8. The van der Waals surface area contributed by atoms with E-state index in [1.54, 1.807) is 16.9 Å². The molecule has 2 rings (SSSR count). The van der Waals surface area contributed by atoms with Gasteiger partial charge in [-0.15, -0.1) is 0 Å². The fraction of sp³-hybridized carbons (Fsp3) is 0.312. The van der Waals surface area contributed by atoms with E-state index in [0.717, 1.165) is 11.4 Å². The molecule has 0 saturated carbocycles. The highest BCUT2D eigenvalue weighted by Gasteiger charge is 2.18. The maximum Gasteiger partial charge on any atom is 0.319 e. The molecule has 0 aliphatic heterocycles. The zero-order valence-corrected chi connectivity index (χ0v) is 14.2. The number of nitrogens with one attached hydrogen (secondary N) is 2. The summed E-state index contributed by atoms with van der Waals surface area (Å²) < 4.78 is 1.69. The molecule has 7 nitrogen and oxygen atoms in total. The summed E-state index contributed by atoms with van der Waals surface area (Å²) in [6, 6.07) is 6.83. The highest BCUT2D eigenvalue weighted by atomic mass is 35.5. The molecule has 0 spiro atoms. The van der Waals surface area contributed by atoms with Gasteiger partial charge in [0.1, 0.15) is 0 Å². The van der Waals surface area contributed by atoms with Gasteiger partial charge in [0, 0.05) is 6.54 Å². The SMILES string of the molecule is CC(C)c1c(NC(=O)NCCC(=O)O)cnn1-c1ccccc1Cl. The van der Waals surface area contributed by atoms with Gasteiger partial charge in [0.2, 0.25) is 0 Å². The van der Waals surface area contributed by atoms with Gasteiger partial charge in [-0.25, -0.2) is 9.48 Å². The summed E-state index contributed by atoms with van der Waals surface area (Å²) in [7, 11) is 0. The van der Waals surface area contributed by atoms with Crippen molar-refractivity contribution < 1.29 is 14.7 Å². The minimum absolute atomic E-state index is 0.0524. The number of aromatic nitrogens is 2. The molecule has 8 heteroatoms. The standard InChI is InChI=1S/C16H19ClN4O3/c1-10(2)15-12(20-16(24)18-8-7-14(22)23)9-19-21(15)13-6-4-3-5-11(13)17/h3-6,9-10H,7-8H2,1-2H3,(H,22,23)(H2,18,20,24). The van der Waals surface area contributed by atoms with Gasteiger partial charge in [0.05, 0.1) is 34.7 Å². The summed E-state index contributed by atoms with van der Waals surface area (Å²) in [6.07, 6.45) is 1.42. The Hall–Kier alpha value is -2.54. The van der Waals surface area contributed by atoms with Crippen LogP contribution in [-0.4, -0.2) is 33.4 Å². The van der Waals surface area contributed by atoms with Crippen LogP contribution in [0, 0.1) is 0 Å². The predicted octanol–water partition coefficient (Wildman–Crippen LogP) is 3.25. The monoisotopic (exact) mass is 350 g/mol. The highest BCUT2D eigenvalue weighted by molar-refractivity contribution is 6.32. The minimum Gasteiger partial charge on any atom is -0.481 e. The number of carbonyl (C=O) groups excluding carboxylic acids is 1. The van der Waals surface area contributed by atoms with Crippen molar-refractivity contribution in [3.05, 3.63) is 41.2 Å². The van der Waals surface area contributed by atoms with Crippen molar-refractivity contribution in [1.29, 1.82) is 0 Å². The van der Waals surface area contributed by atoms with E-state index in [2.05, 4.69) is 15.7 Å². The number of para-hydroxylation sites is 1. The Labute approximate surface area is 144 Å². The van der Waals surface area contributed by atoms with E-state index >= 15 is 0 Å². The number of urea groups is 1. The number of hydrogen-bond acceptors (Lipinski definition) is 3. The number of carboxylic acid groups (broad SMARTS) is 1. The maximum atomic E-state index is 11.9. The molecule has 3 N–H and O–H groups in total. The lowest BCUT2D eigenvalue weighted by Gasteiger charge is -2.14. The van der Waals surface area contributed by atoms with E-state index in [1.807, 2.05) is 32.0 Å². The molecule has 0 saturated heterocycles. The zero-order valence-electron chi connectivity index (χ0n) is 13.4. The van der Waals surface area contributed by atoms with Crippen LogP contribution >= 0.6 is 11.6 Å². The van der Waals surface area contributed by atoms with Gasteiger partial charge in [-0.1, -0.05) is 37.6 Å². The average Bonchev–Trinajstić information content (AvgIpc) is 2.90. The lowest BCUT2D eigenvalue weighted by Crippen LogP contribution is -2.30. The van der Waals surface area contributed by atoms with Crippen LogP contribution in [0.15, 0.2) is 30.5 Å². The van der Waals surface area contributed by atoms with Gasteiger partial charge in [-0.2, -0.15) is 5.10 Å². The molecule has 2 amide bonds. The first-order valence-electron chi connectivity index (χ1n) is 7.49. The van der Waals surface area contributed by atoms with Crippen LogP contribution in [-0.2, 0) is 4.79 Å². The molecule has 0 aliphatic rings. The summed E-state index contributed by atoms with van der Waals surface area (Å²) in [5.74, 6) is -0.886. The number of anilines is 1. The van der Waals surface area contributed by atoms with Crippen LogP contribution in [0.1, 0.15) is 31.9 Å². The number of nitrogens with zero attached hydrogens (tertiary/aromatic N) is 2. The minimum atomic E-state index is -0.968. The molecule has 0 unspecified atom stereocenters. The molecule has 1 aromatic carbocycles. The van der Waals surface area contributed by atoms with Crippen LogP contribution in [0.3, 0.4) is 0 Å². The van der Waals surface area contributed by atoms with E-state index in [0.29, 0.717) is 10.7 Å². The van der Waals surface area contributed by atoms with E-state index in [-0.39, 0.29) is 18.9 Å². The topological polar surface area (TPSA) is 96.2 Å². The molecule has 0 atom stereocenters. The van der Waals surface area contributed by atoms with Gasteiger partial charge >= 0.3 is 12.0 Å². The number of rotatable bonds is 6. The fourth-order valence-electron chi connectivity index (χ4n) is 2.27.